The maximum absolute atomic E-state index is 12.9. The molecule has 2 aromatic rings. The van der Waals surface area contributed by atoms with E-state index in [4.69, 9.17) is 11.6 Å². The van der Waals surface area contributed by atoms with E-state index in [0.29, 0.717) is 17.6 Å². The summed E-state index contributed by atoms with van der Waals surface area (Å²) in [5.41, 5.74) is 0.575. The third-order valence-electron chi connectivity index (χ3n) is 4.19. The fourth-order valence-corrected chi connectivity index (χ4v) is 3.30. The molecule has 1 aromatic carbocycles. The van der Waals surface area contributed by atoms with Gasteiger partial charge in [0.2, 0.25) is 0 Å². The zero-order chi connectivity index (χ0) is 14.7. The highest BCUT2D eigenvalue weighted by molar-refractivity contribution is 6.17. The first-order valence-corrected chi connectivity index (χ1v) is 8.05. The lowest BCUT2D eigenvalue weighted by Crippen LogP contribution is -2.36. The molecular weight excluding hydrogens is 284 g/mol. The summed E-state index contributed by atoms with van der Waals surface area (Å²) in [7, 11) is 0. The van der Waals surface area contributed by atoms with Crippen LogP contribution in [0.25, 0.3) is 10.8 Å². The van der Waals surface area contributed by atoms with Crippen LogP contribution in [-0.4, -0.2) is 34.3 Å². The highest BCUT2D eigenvalue weighted by Gasteiger charge is 2.30. The van der Waals surface area contributed by atoms with E-state index in [-0.39, 0.29) is 5.91 Å². The summed E-state index contributed by atoms with van der Waals surface area (Å²) in [5, 5.41) is 2.00. The lowest BCUT2D eigenvalue weighted by atomic mass is 10.1. The zero-order valence-corrected chi connectivity index (χ0v) is 12.7. The minimum Gasteiger partial charge on any atom is -0.334 e. The SMILES string of the molecule is O=C(c1nccc2ccccc12)N1CCCC1CCCCl. The summed E-state index contributed by atoms with van der Waals surface area (Å²) in [6.07, 6.45) is 5.81. The van der Waals surface area contributed by atoms with Gasteiger partial charge in [-0.15, -0.1) is 11.6 Å². The number of carbonyl (C=O) groups excluding carboxylic acids is 1. The second kappa shape index (κ2) is 6.44. The lowest BCUT2D eigenvalue weighted by molar-refractivity contribution is 0.0726. The van der Waals surface area contributed by atoms with Gasteiger partial charge in [-0.1, -0.05) is 24.3 Å². The van der Waals surface area contributed by atoms with E-state index < -0.39 is 0 Å². The minimum atomic E-state index is 0.0591. The first-order valence-electron chi connectivity index (χ1n) is 7.52. The van der Waals surface area contributed by atoms with Crippen LogP contribution in [0, 0.1) is 0 Å². The Morgan fingerprint density at radius 1 is 1.33 bits per heavy atom. The second-order valence-electron chi connectivity index (χ2n) is 5.51. The number of hydrogen-bond acceptors (Lipinski definition) is 2. The Hall–Kier alpha value is -1.61. The van der Waals surface area contributed by atoms with Gasteiger partial charge in [-0.3, -0.25) is 9.78 Å². The summed E-state index contributed by atoms with van der Waals surface area (Å²) < 4.78 is 0. The third-order valence-corrected chi connectivity index (χ3v) is 4.45. The number of aromatic nitrogens is 1. The van der Waals surface area contributed by atoms with E-state index in [1.54, 1.807) is 6.20 Å². The molecule has 3 rings (SSSR count). The summed E-state index contributed by atoms with van der Waals surface area (Å²) >= 11 is 5.79. The fourth-order valence-electron chi connectivity index (χ4n) is 3.14. The molecule has 1 atom stereocenters. The van der Waals surface area contributed by atoms with Crippen molar-refractivity contribution in [3.63, 3.8) is 0 Å². The lowest BCUT2D eigenvalue weighted by Gasteiger charge is -2.24. The Kier molecular flexibility index (Phi) is 4.39. The largest absolute Gasteiger partial charge is 0.334 e. The quantitative estimate of drug-likeness (QED) is 0.804. The van der Waals surface area contributed by atoms with E-state index in [1.165, 1.54) is 0 Å². The smallest absolute Gasteiger partial charge is 0.273 e. The average Bonchev–Trinajstić information content (AvgIpc) is 3.00. The summed E-state index contributed by atoms with van der Waals surface area (Å²) in [6.45, 7) is 0.830. The molecule has 1 aliphatic rings. The molecule has 21 heavy (non-hydrogen) atoms. The molecule has 0 N–H and O–H groups in total. The highest BCUT2D eigenvalue weighted by Crippen LogP contribution is 2.25. The molecule has 1 amide bonds. The number of likely N-dealkylation sites (tertiary alicyclic amines) is 1. The van der Waals surface area contributed by atoms with E-state index in [2.05, 4.69) is 4.98 Å². The normalized spacial score (nSPS) is 18.3. The molecule has 2 heterocycles. The van der Waals surface area contributed by atoms with Crippen LogP contribution in [0.3, 0.4) is 0 Å². The van der Waals surface area contributed by atoms with Gasteiger partial charge in [0.05, 0.1) is 0 Å². The molecule has 0 aliphatic carbocycles. The van der Waals surface area contributed by atoms with E-state index >= 15 is 0 Å². The van der Waals surface area contributed by atoms with Crippen LogP contribution < -0.4 is 0 Å². The van der Waals surface area contributed by atoms with E-state index in [0.717, 1.165) is 43.0 Å². The Labute approximate surface area is 129 Å². The molecule has 1 fully saturated rings. The van der Waals surface area contributed by atoms with Crippen LogP contribution in [0.2, 0.25) is 0 Å². The molecule has 4 heteroatoms. The van der Waals surface area contributed by atoms with Gasteiger partial charge in [0.1, 0.15) is 5.69 Å². The predicted octanol–water partition coefficient (Wildman–Crippen LogP) is 3.86. The molecule has 1 saturated heterocycles. The highest BCUT2D eigenvalue weighted by atomic mass is 35.5. The van der Waals surface area contributed by atoms with Crippen molar-refractivity contribution in [2.24, 2.45) is 0 Å². The van der Waals surface area contributed by atoms with Crippen LogP contribution in [0.15, 0.2) is 36.5 Å². The van der Waals surface area contributed by atoms with Gasteiger partial charge in [0.25, 0.3) is 5.91 Å². The van der Waals surface area contributed by atoms with E-state index in [1.807, 2.05) is 35.2 Å². The van der Waals surface area contributed by atoms with E-state index in [9.17, 15) is 4.79 Å². The summed E-state index contributed by atoms with van der Waals surface area (Å²) in [6, 6.07) is 10.2. The fraction of sp³-hybridized carbons (Fsp3) is 0.412. The van der Waals surface area contributed by atoms with Gasteiger partial charge in [0, 0.05) is 30.0 Å². The first kappa shape index (κ1) is 14.3. The van der Waals surface area contributed by atoms with Crippen molar-refractivity contribution < 1.29 is 4.79 Å². The molecule has 3 nitrogen and oxygen atoms in total. The van der Waals surface area contributed by atoms with Crippen LogP contribution in [0.4, 0.5) is 0 Å². The van der Waals surface area contributed by atoms with Gasteiger partial charge in [-0.2, -0.15) is 0 Å². The second-order valence-corrected chi connectivity index (χ2v) is 5.88. The Bertz CT molecular complexity index is 638. The first-order chi connectivity index (χ1) is 10.3. The monoisotopic (exact) mass is 302 g/mol. The minimum absolute atomic E-state index is 0.0591. The van der Waals surface area contributed by atoms with Crippen LogP contribution in [-0.2, 0) is 0 Å². The van der Waals surface area contributed by atoms with Gasteiger partial charge < -0.3 is 4.90 Å². The predicted molar refractivity (Wildman–Crippen MR) is 85.8 cm³/mol. The summed E-state index contributed by atoms with van der Waals surface area (Å²) in [5.74, 6) is 0.717. The van der Waals surface area contributed by atoms with Crippen molar-refractivity contribution in [3.05, 3.63) is 42.2 Å². The molecule has 1 unspecified atom stereocenters. The molecule has 0 saturated carbocycles. The van der Waals surface area contributed by atoms with Crippen molar-refractivity contribution in [3.8, 4) is 0 Å². The standard InChI is InChI=1S/C17H19ClN2O/c18-10-3-6-14-7-4-12-20(14)17(21)16-15-8-2-1-5-13(15)9-11-19-16/h1-2,5,8-9,11,14H,3-4,6-7,10,12H2. The molecule has 110 valence electrons. The van der Waals surface area contributed by atoms with Gasteiger partial charge in [-0.05, 0) is 37.1 Å². The van der Waals surface area contributed by atoms with Crippen molar-refractivity contribution in [2.45, 2.75) is 31.7 Å². The molecule has 1 aliphatic heterocycles. The van der Waals surface area contributed by atoms with Crippen molar-refractivity contribution in [1.82, 2.24) is 9.88 Å². The Balaban J connectivity index is 1.89. The summed E-state index contributed by atoms with van der Waals surface area (Å²) in [4.78, 5) is 19.2. The van der Waals surface area contributed by atoms with Gasteiger partial charge >= 0.3 is 0 Å². The zero-order valence-electron chi connectivity index (χ0n) is 12.0. The maximum atomic E-state index is 12.9. The topological polar surface area (TPSA) is 33.2 Å². The number of benzene rings is 1. The Morgan fingerprint density at radius 2 is 2.19 bits per heavy atom. The van der Waals surface area contributed by atoms with Crippen LogP contribution in [0.5, 0.6) is 0 Å². The van der Waals surface area contributed by atoms with Crippen molar-refractivity contribution >= 4 is 28.3 Å². The number of rotatable bonds is 4. The molecule has 0 bridgehead atoms. The molecule has 0 spiro atoms. The van der Waals surface area contributed by atoms with Crippen LogP contribution in [0.1, 0.15) is 36.2 Å². The maximum Gasteiger partial charge on any atom is 0.273 e. The number of carbonyl (C=O) groups is 1. The van der Waals surface area contributed by atoms with Crippen molar-refractivity contribution in [2.75, 3.05) is 12.4 Å². The van der Waals surface area contributed by atoms with Gasteiger partial charge in [-0.25, -0.2) is 0 Å². The van der Waals surface area contributed by atoms with Crippen LogP contribution >= 0.6 is 11.6 Å². The number of amides is 1. The molecule has 1 aromatic heterocycles. The number of hydrogen-bond donors (Lipinski definition) is 0. The number of pyridine rings is 1. The number of halogens is 1. The van der Waals surface area contributed by atoms with Gasteiger partial charge in [0.15, 0.2) is 0 Å². The number of alkyl halides is 1. The molecular formula is C17H19ClN2O. The number of nitrogens with zero attached hydrogens (tertiary/aromatic N) is 2. The van der Waals surface area contributed by atoms with Crippen molar-refractivity contribution in [1.29, 1.82) is 0 Å². The third kappa shape index (κ3) is 2.88. The average molecular weight is 303 g/mol. The number of fused-ring (bicyclic) bond motifs is 1. The molecule has 0 radical (unpaired) electrons. The Morgan fingerprint density at radius 3 is 3.05 bits per heavy atom.